The highest BCUT2D eigenvalue weighted by atomic mass is 32.2. The van der Waals surface area contributed by atoms with Crippen LogP contribution in [0.2, 0.25) is 0 Å². The van der Waals surface area contributed by atoms with Crippen molar-refractivity contribution < 1.29 is 25.8 Å². The standard InChI is InChI=1S/C11H11F3O3S/c12-11(13,14)18(15,16)17-10-6-5-8-3-1-2-4-9(8)7-10/h5-7H,1-4H2. The van der Waals surface area contributed by atoms with Gasteiger partial charge in [-0.2, -0.15) is 21.6 Å². The minimum atomic E-state index is -5.58. The molecule has 18 heavy (non-hydrogen) atoms. The predicted octanol–water partition coefficient (Wildman–Crippen LogP) is 2.79. The summed E-state index contributed by atoms with van der Waals surface area (Å²) in [5.41, 5.74) is -3.50. The molecule has 0 heterocycles. The summed E-state index contributed by atoms with van der Waals surface area (Å²) >= 11 is 0. The number of hydrogen-bond acceptors (Lipinski definition) is 3. The van der Waals surface area contributed by atoms with Crippen LogP contribution in [0.15, 0.2) is 18.2 Å². The summed E-state index contributed by atoms with van der Waals surface area (Å²) in [7, 11) is -5.58. The van der Waals surface area contributed by atoms with Crippen molar-refractivity contribution in [2.24, 2.45) is 0 Å². The first-order valence-electron chi connectivity index (χ1n) is 5.42. The van der Waals surface area contributed by atoms with E-state index in [1.54, 1.807) is 6.07 Å². The van der Waals surface area contributed by atoms with Gasteiger partial charge in [0.05, 0.1) is 0 Å². The molecule has 0 aromatic heterocycles. The average molecular weight is 280 g/mol. The number of alkyl halides is 3. The molecule has 1 aliphatic carbocycles. The molecule has 1 aromatic rings. The Morgan fingerprint density at radius 1 is 1.06 bits per heavy atom. The minimum Gasteiger partial charge on any atom is -0.376 e. The summed E-state index contributed by atoms with van der Waals surface area (Å²) in [4.78, 5) is 0. The molecule has 0 N–H and O–H groups in total. The molecule has 0 bridgehead atoms. The van der Waals surface area contributed by atoms with Crippen LogP contribution >= 0.6 is 0 Å². The summed E-state index contributed by atoms with van der Waals surface area (Å²) in [6.45, 7) is 0. The number of hydrogen-bond donors (Lipinski definition) is 0. The molecule has 0 unspecified atom stereocenters. The van der Waals surface area contributed by atoms with Crippen LogP contribution in [0.1, 0.15) is 24.0 Å². The van der Waals surface area contributed by atoms with Gasteiger partial charge in [-0.1, -0.05) is 6.07 Å². The van der Waals surface area contributed by atoms with Gasteiger partial charge in [0.15, 0.2) is 0 Å². The van der Waals surface area contributed by atoms with Crippen molar-refractivity contribution in [1.82, 2.24) is 0 Å². The summed E-state index contributed by atoms with van der Waals surface area (Å²) in [5, 5.41) is 0. The monoisotopic (exact) mass is 280 g/mol. The molecule has 0 saturated carbocycles. The topological polar surface area (TPSA) is 43.4 Å². The van der Waals surface area contributed by atoms with Crippen molar-refractivity contribution in [3.05, 3.63) is 29.3 Å². The van der Waals surface area contributed by atoms with Crippen molar-refractivity contribution in [1.29, 1.82) is 0 Å². The van der Waals surface area contributed by atoms with Crippen LogP contribution in [-0.4, -0.2) is 13.9 Å². The maximum atomic E-state index is 12.1. The lowest BCUT2D eigenvalue weighted by atomic mass is 9.92. The van der Waals surface area contributed by atoms with Crippen molar-refractivity contribution in [2.45, 2.75) is 31.2 Å². The van der Waals surface area contributed by atoms with Gasteiger partial charge in [-0.15, -0.1) is 0 Å². The highest BCUT2D eigenvalue weighted by Crippen LogP contribution is 2.30. The first-order chi connectivity index (χ1) is 8.29. The maximum Gasteiger partial charge on any atom is 0.534 e. The zero-order chi connectivity index (χ0) is 13.4. The molecule has 1 aliphatic rings. The number of halogens is 3. The third kappa shape index (κ3) is 2.60. The third-order valence-electron chi connectivity index (χ3n) is 2.81. The van der Waals surface area contributed by atoms with Gasteiger partial charge in [0.2, 0.25) is 0 Å². The normalized spacial score (nSPS) is 16.2. The molecule has 2 rings (SSSR count). The highest BCUT2D eigenvalue weighted by Gasteiger charge is 2.48. The molecule has 100 valence electrons. The van der Waals surface area contributed by atoms with Crippen LogP contribution in [0.25, 0.3) is 0 Å². The van der Waals surface area contributed by atoms with E-state index in [4.69, 9.17) is 0 Å². The largest absolute Gasteiger partial charge is 0.534 e. The van der Waals surface area contributed by atoms with Gasteiger partial charge >= 0.3 is 15.6 Å². The third-order valence-corrected chi connectivity index (χ3v) is 3.79. The highest BCUT2D eigenvalue weighted by molar-refractivity contribution is 7.87. The molecule has 0 atom stereocenters. The molecule has 0 radical (unpaired) electrons. The molecule has 7 heteroatoms. The molecule has 0 fully saturated rings. The Morgan fingerprint density at radius 3 is 2.28 bits per heavy atom. The lowest BCUT2D eigenvalue weighted by molar-refractivity contribution is -0.0500. The zero-order valence-corrected chi connectivity index (χ0v) is 10.1. The molecule has 3 nitrogen and oxygen atoms in total. The van der Waals surface area contributed by atoms with Crippen molar-refractivity contribution in [3.63, 3.8) is 0 Å². The van der Waals surface area contributed by atoms with Crippen LogP contribution in [-0.2, 0) is 23.0 Å². The first-order valence-corrected chi connectivity index (χ1v) is 6.83. The number of fused-ring (bicyclic) bond motifs is 1. The summed E-state index contributed by atoms with van der Waals surface area (Å²) in [6.07, 6.45) is 3.58. The predicted molar refractivity (Wildman–Crippen MR) is 58.7 cm³/mol. The smallest absolute Gasteiger partial charge is 0.376 e. The fourth-order valence-electron chi connectivity index (χ4n) is 1.94. The van der Waals surface area contributed by atoms with E-state index in [0.717, 1.165) is 36.8 Å². The number of rotatable bonds is 2. The van der Waals surface area contributed by atoms with Gasteiger partial charge < -0.3 is 4.18 Å². The Kier molecular flexibility index (Phi) is 3.27. The molecule has 0 aliphatic heterocycles. The molecule has 0 amide bonds. The van der Waals surface area contributed by atoms with Gasteiger partial charge in [-0.05, 0) is 48.9 Å². The van der Waals surface area contributed by atoms with E-state index in [1.165, 1.54) is 12.1 Å². The Bertz CT molecular complexity index is 549. The fraction of sp³-hybridized carbons (Fsp3) is 0.455. The van der Waals surface area contributed by atoms with E-state index in [-0.39, 0.29) is 5.75 Å². The van der Waals surface area contributed by atoms with E-state index in [9.17, 15) is 21.6 Å². The Morgan fingerprint density at radius 2 is 1.67 bits per heavy atom. The van der Waals surface area contributed by atoms with E-state index < -0.39 is 15.6 Å². The number of aryl methyl sites for hydroxylation is 2. The van der Waals surface area contributed by atoms with Crippen LogP contribution < -0.4 is 4.18 Å². The van der Waals surface area contributed by atoms with Crippen molar-refractivity contribution >= 4 is 10.1 Å². The van der Waals surface area contributed by atoms with Gasteiger partial charge in [-0.25, -0.2) is 0 Å². The van der Waals surface area contributed by atoms with Crippen LogP contribution in [0, 0.1) is 0 Å². The van der Waals surface area contributed by atoms with E-state index in [2.05, 4.69) is 4.18 Å². The van der Waals surface area contributed by atoms with Gasteiger partial charge in [0.25, 0.3) is 0 Å². The number of benzene rings is 1. The lowest BCUT2D eigenvalue weighted by Crippen LogP contribution is -2.28. The molecule has 1 aromatic carbocycles. The first kappa shape index (κ1) is 13.2. The van der Waals surface area contributed by atoms with Crippen LogP contribution in [0.4, 0.5) is 13.2 Å². The lowest BCUT2D eigenvalue weighted by Gasteiger charge is -2.16. The average Bonchev–Trinajstić information content (AvgIpc) is 2.27. The zero-order valence-electron chi connectivity index (χ0n) is 9.33. The van der Waals surface area contributed by atoms with Crippen LogP contribution in [0.5, 0.6) is 5.75 Å². The second-order valence-electron chi connectivity index (χ2n) is 4.12. The van der Waals surface area contributed by atoms with Crippen molar-refractivity contribution in [2.75, 3.05) is 0 Å². The van der Waals surface area contributed by atoms with Crippen LogP contribution in [0.3, 0.4) is 0 Å². The SMILES string of the molecule is O=S(=O)(Oc1ccc2c(c1)CCCC2)C(F)(F)F. The Balaban J connectivity index is 2.26. The Hall–Kier alpha value is -1.24. The second-order valence-corrected chi connectivity index (χ2v) is 5.66. The van der Waals surface area contributed by atoms with E-state index >= 15 is 0 Å². The summed E-state index contributed by atoms with van der Waals surface area (Å²) < 4.78 is 62.2. The summed E-state index contributed by atoms with van der Waals surface area (Å²) in [6, 6.07) is 4.25. The van der Waals surface area contributed by atoms with E-state index in [1.807, 2.05) is 0 Å². The molecule has 0 spiro atoms. The van der Waals surface area contributed by atoms with E-state index in [0.29, 0.717) is 0 Å². The Labute approximate surface area is 103 Å². The molecular formula is C11H11F3O3S. The van der Waals surface area contributed by atoms with Gasteiger partial charge in [-0.3, -0.25) is 0 Å². The summed E-state index contributed by atoms with van der Waals surface area (Å²) in [5.74, 6) is -0.284. The molecular weight excluding hydrogens is 269 g/mol. The maximum absolute atomic E-state index is 12.1. The van der Waals surface area contributed by atoms with Gasteiger partial charge in [0.1, 0.15) is 5.75 Å². The second kappa shape index (κ2) is 4.46. The quantitative estimate of drug-likeness (QED) is 0.618. The molecule has 0 saturated heterocycles. The van der Waals surface area contributed by atoms with Gasteiger partial charge in [0, 0.05) is 0 Å². The minimum absolute atomic E-state index is 0.284. The fourth-order valence-corrected chi connectivity index (χ4v) is 2.39. The van der Waals surface area contributed by atoms with Crippen molar-refractivity contribution in [3.8, 4) is 5.75 Å².